The SMILES string of the molecule is C1CCC(N[SiH2]NC2CCCC2)C1. The quantitative estimate of drug-likeness (QED) is 0.660. The normalized spacial score (nSPS) is 25.8. The Labute approximate surface area is 83.8 Å². The van der Waals surface area contributed by atoms with Gasteiger partial charge in [-0.05, 0) is 25.7 Å². The molecular formula is C10H22N2Si. The molecule has 2 N–H and O–H groups in total. The minimum atomic E-state index is -0.148. The van der Waals surface area contributed by atoms with Gasteiger partial charge in [-0.25, -0.2) is 0 Å². The van der Waals surface area contributed by atoms with E-state index in [1.54, 1.807) is 0 Å². The molecular weight excluding hydrogens is 176 g/mol. The van der Waals surface area contributed by atoms with Crippen LogP contribution in [-0.2, 0) is 0 Å². The van der Waals surface area contributed by atoms with Crippen LogP contribution in [0.2, 0.25) is 0 Å². The molecule has 13 heavy (non-hydrogen) atoms. The van der Waals surface area contributed by atoms with Gasteiger partial charge >= 0.3 is 0 Å². The molecule has 0 amide bonds. The summed E-state index contributed by atoms with van der Waals surface area (Å²) in [5, 5.41) is 0. The molecule has 0 spiro atoms. The first-order chi connectivity index (χ1) is 6.45. The summed E-state index contributed by atoms with van der Waals surface area (Å²) < 4.78 is 0. The summed E-state index contributed by atoms with van der Waals surface area (Å²) in [5.41, 5.74) is 0. The van der Waals surface area contributed by atoms with E-state index in [0.29, 0.717) is 0 Å². The Morgan fingerprint density at radius 3 is 1.46 bits per heavy atom. The average molecular weight is 198 g/mol. The molecule has 2 fully saturated rings. The molecule has 0 radical (unpaired) electrons. The molecule has 2 rings (SSSR count). The van der Waals surface area contributed by atoms with Gasteiger partial charge in [0.15, 0.2) is 9.84 Å². The van der Waals surface area contributed by atoms with Crippen molar-refractivity contribution in [3.8, 4) is 0 Å². The Hall–Kier alpha value is 0.137. The molecule has 76 valence electrons. The number of nitrogens with one attached hydrogen (secondary N) is 2. The summed E-state index contributed by atoms with van der Waals surface area (Å²) in [7, 11) is -0.148. The first-order valence-corrected chi connectivity index (χ1v) is 7.33. The molecule has 0 heterocycles. The van der Waals surface area contributed by atoms with Gasteiger partial charge in [0.1, 0.15) is 0 Å². The van der Waals surface area contributed by atoms with E-state index in [2.05, 4.69) is 9.96 Å². The lowest BCUT2D eigenvalue weighted by molar-refractivity contribution is 0.603. The van der Waals surface area contributed by atoms with E-state index < -0.39 is 0 Å². The van der Waals surface area contributed by atoms with Crippen molar-refractivity contribution in [1.29, 1.82) is 0 Å². The van der Waals surface area contributed by atoms with E-state index >= 15 is 0 Å². The first kappa shape index (κ1) is 9.68. The van der Waals surface area contributed by atoms with Crippen LogP contribution in [0.1, 0.15) is 51.4 Å². The highest BCUT2D eigenvalue weighted by atomic mass is 28.2. The minimum absolute atomic E-state index is 0.148. The number of hydrogen-bond donors (Lipinski definition) is 2. The van der Waals surface area contributed by atoms with Gasteiger partial charge in [-0.15, -0.1) is 0 Å². The van der Waals surface area contributed by atoms with Gasteiger partial charge < -0.3 is 9.96 Å². The first-order valence-electron chi connectivity index (χ1n) is 5.92. The Bertz CT molecular complexity index is 124. The zero-order valence-electron chi connectivity index (χ0n) is 8.52. The predicted molar refractivity (Wildman–Crippen MR) is 59.3 cm³/mol. The molecule has 0 aliphatic heterocycles. The van der Waals surface area contributed by atoms with Crippen molar-refractivity contribution in [2.45, 2.75) is 63.5 Å². The van der Waals surface area contributed by atoms with Gasteiger partial charge in [-0.3, -0.25) is 0 Å². The van der Waals surface area contributed by atoms with Gasteiger partial charge in [0.25, 0.3) is 0 Å². The molecule has 2 nitrogen and oxygen atoms in total. The molecule has 2 saturated carbocycles. The molecule has 0 unspecified atom stereocenters. The highest BCUT2D eigenvalue weighted by Gasteiger charge is 2.16. The summed E-state index contributed by atoms with van der Waals surface area (Å²) >= 11 is 0. The maximum atomic E-state index is 3.74. The molecule has 0 saturated heterocycles. The van der Waals surface area contributed by atoms with Crippen LogP contribution in [0.25, 0.3) is 0 Å². The van der Waals surface area contributed by atoms with Gasteiger partial charge in [0.2, 0.25) is 0 Å². The summed E-state index contributed by atoms with van der Waals surface area (Å²) in [6.45, 7) is 0. The molecule has 3 heteroatoms. The largest absolute Gasteiger partial charge is 0.328 e. The Balaban J connectivity index is 1.52. The van der Waals surface area contributed by atoms with E-state index in [9.17, 15) is 0 Å². The van der Waals surface area contributed by atoms with Crippen LogP contribution in [-0.4, -0.2) is 21.9 Å². The van der Waals surface area contributed by atoms with Crippen molar-refractivity contribution in [1.82, 2.24) is 9.96 Å². The number of hydrogen-bond acceptors (Lipinski definition) is 2. The van der Waals surface area contributed by atoms with E-state index in [1.807, 2.05) is 0 Å². The van der Waals surface area contributed by atoms with Crippen LogP contribution in [0.5, 0.6) is 0 Å². The topological polar surface area (TPSA) is 24.1 Å². The second kappa shape index (κ2) is 5.13. The lowest BCUT2D eigenvalue weighted by Crippen LogP contribution is -2.43. The fourth-order valence-corrected chi connectivity index (χ4v) is 4.12. The zero-order chi connectivity index (χ0) is 8.93. The average Bonchev–Trinajstić information content (AvgIpc) is 2.75. The van der Waals surface area contributed by atoms with Crippen molar-refractivity contribution in [2.24, 2.45) is 0 Å². The van der Waals surface area contributed by atoms with Crippen LogP contribution in [0, 0.1) is 0 Å². The summed E-state index contributed by atoms with van der Waals surface area (Å²) in [4.78, 5) is 7.47. The molecule has 0 bridgehead atoms. The van der Waals surface area contributed by atoms with Gasteiger partial charge in [0, 0.05) is 12.1 Å². The van der Waals surface area contributed by atoms with E-state index in [-0.39, 0.29) is 9.84 Å². The van der Waals surface area contributed by atoms with Gasteiger partial charge in [-0.2, -0.15) is 0 Å². The molecule has 2 aliphatic rings. The maximum absolute atomic E-state index is 3.74. The van der Waals surface area contributed by atoms with Crippen molar-refractivity contribution in [3.05, 3.63) is 0 Å². The second-order valence-corrected chi connectivity index (χ2v) is 5.72. The van der Waals surface area contributed by atoms with Crippen molar-refractivity contribution >= 4 is 9.84 Å². The van der Waals surface area contributed by atoms with Crippen molar-refractivity contribution < 1.29 is 0 Å². The van der Waals surface area contributed by atoms with Gasteiger partial charge in [0.05, 0.1) is 0 Å². The lowest BCUT2D eigenvalue weighted by Gasteiger charge is -2.15. The van der Waals surface area contributed by atoms with Crippen molar-refractivity contribution in [2.75, 3.05) is 0 Å². The van der Waals surface area contributed by atoms with Crippen LogP contribution >= 0.6 is 0 Å². The zero-order valence-corrected chi connectivity index (χ0v) is 9.93. The Morgan fingerprint density at radius 2 is 1.08 bits per heavy atom. The standard InChI is InChI=1S/C10H22N2Si/c1-2-6-9(5-1)11-13-12-10-7-3-4-8-10/h9-12H,1-8,13H2. The fourth-order valence-electron chi connectivity index (χ4n) is 2.61. The lowest BCUT2D eigenvalue weighted by atomic mass is 10.3. The van der Waals surface area contributed by atoms with Crippen LogP contribution < -0.4 is 9.96 Å². The molecule has 0 aromatic carbocycles. The van der Waals surface area contributed by atoms with E-state index in [4.69, 9.17) is 0 Å². The number of rotatable bonds is 4. The van der Waals surface area contributed by atoms with Gasteiger partial charge in [-0.1, -0.05) is 25.7 Å². The van der Waals surface area contributed by atoms with Crippen LogP contribution in [0.15, 0.2) is 0 Å². The third-order valence-electron chi connectivity index (χ3n) is 3.49. The Kier molecular flexibility index (Phi) is 3.82. The second-order valence-electron chi connectivity index (χ2n) is 4.55. The summed E-state index contributed by atoms with van der Waals surface area (Å²) in [5.74, 6) is 0. The monoisotopic (exact) mass is 198 g/mol. The van der Waals surface area contributed by atoms with Crippen LogP contribution in [0.3, 0.4) is 0 Å². The smallest absolute Gasteiger partial charge is 0.168 e. The highest BCUT2D eigenvalue weighted by Crippen LogP contribution is 2.18. The van der Waals surface area contributed by atoms with Crippen LogP contribution in [0.4, 0.5) is 0 Å². The maximum Gasteiger partial charge on any atom is 0.168 e. The highest BCUT2D eigenvalue weighted by molar-refractivity contribution is 6.28. The molecule has 2 aliphatic carbocycles. The third kappa shape index (κ3) is 3.08. The predicted octanol–water partition coefficient (Wildman–Crippen LogP) is 1.05. The molecule has 0 atom stereocenters. The molecule has 0 aromatic rings. The fraction of sp³-hybridized carbons (Fsp3) is 1.00. The Morgan fingerprint density at radius 1 is 0.692 bits per heavy atom. The van der Waals surface area contributed by atoms with E-state index in [1.165, 1.54) is 51.4 Å². The third-order valence-corrected chi connectivity index (χ3v) is 5.05. The molecule has 0 aromatic heterocycles. The minimum Gasteiger partial charge on any atom is -0.328 e. The summed E-state index contributed by atoms with van der Waals surface area (Å²) in [6, 6.07) is 1.75. The summed E-state index contributed by atoms with van der Waals surface area (Å²) in [6.07, 6.45) is 11.5. The van der Waals surface area contributed by atoms with E-state index in [0.717, 1.165) is 12.1 Å². The van der Waals surface area contributed by atoms with Crippen molar-refractivity contribution in [3.63, 3.8) is 0 Å².